The van der Waals surface area contributed by atoms with Gasteiger partial charge in [-0.1, -0.05) is 20.8 Å². The van der Waals surface area contributed by atoms with Crippen molar-refractivity contribution in [3.8, 4) is 0 Å². The molecule has 0 aromatic heterocycles. The van der Waals surface area contributed by atoms with Crippen LogP contribution < -0.4 is 5.32 Å². The van der Waals surface area contributed by atoms with E-state index in [2.05, 4.69) is 39.2 Å². The van der Waals surface area contributed by atoms with Crippen molar-refractivity contribution in [1.82, 2.24) is 5.32 Å². The van der Waals surface area contributed by atoms with Gasteiger partial charge in [-0.2, -0.15) is 0 Å². The number of hydrogen-bond acceptors (Lipinski definition) is 12. The highest BCUT2D eigenvalue weighted by Gasteiger charge is 2.36. The van der Waals surface area contributed by atoms with Crippen LogP contribution in [-0.2, 0) is 51.8 Å². The van der Waals surface area contributed by atoms with Crippen LogP contribution in [0.1, 0.15) is 20.8 Å². The standard InChI is InChI=1S/C29H63NO11Si/c1-29(2,3)42(5,6)41-28-27-40-26-25-39-24-23-38-22-21-37-20-19-36-18-17-35-16-15-34-14-13-33-12-11-32-10-9-31-8-7-30-4/h30H,7-28H2,1-6H3. The Hall–Kier alpha value is -0.263. The summed E-state index contributed by atoms with van der Waals surface area (Å²) in [5, 5.41) is 3.24. The SMILES string of the molecule is CNCCOCCOCCOCCOCCOCCOCCOCCOCCOCCOCCO[Si](C)(C)C(C)(C)C. The first-order chi connectivity index (χ1) is 20.3. The molecule has 1 N–H and O–H groups in total. The van der Waals surface area contributed by atoms with Gasteiger partial charge < -0.3 is 57.1 Å². The van der Waals surface area contributed by atoms with Crippen molar-refractivity contribution in [2.75, 3.05) is 152 Å². The van der Waals surface area contributed by atoms with Gasteiger partial charge in [-0.3, -0.25) is 0 Å². The van der Waals surface area contributed by atoms with Crippen LogP contribution in [0.2, 0.25) is 18.1 Å². The highest BCUT2D eigenvalue weighted by atomic mass is 28.4. The van der Waals surface area contributed by atoms with E-state index in [1.54, 1.807) is 0 Å². The van der Waals surface area contributed by atoms with Crippen LogP contribution in [0.25, 0.3) is 0 Å². The normalized spacial score (nSPS) is 12.4. The van der Waals surface area contributed by atoms with Gasteiger partial charge >= 0.3 is 0 Å². The lowest BCUT2D eigenvalue weighted by molar-refractivity contribution is -0.0267. The van der Waals surface area contributed by atoms with Crippen LogP contribution in [-0.4, -0.2) is 161 Å². The Morgan fingerprint density at radius 2 is 0.595 bits per heavy atom. The zero-order valence-corrected chi connectivity index (χ0v) is 28.5. The van der Waals surface area contributed by atoms with E-state index in [9.17, 15) is 0 Å². The fraction of sp³-hybridized carbons (Fsp3) is 1.00. The Labute approximate surface area is 256 Å². The predicted octanol–water partition coefficient (Wildman–Crippen LogP) is 2.39. The summed E-state index contributed by atoms with van der Waals surface area (Å²) in [5.74, 6) is 0. The molecule has 0 radical (unpaired) electrons. The maximum atomic E-state index is 6.08. The minimum atomic E-state index is -1.69. The van der Waals surface area contributed by atoms with Gasteiger partial charge in [0.1, 0.15) is 0 Å². The second-order valence-electron chi connectivity index (χ2n) is 10.8. The van der Waals surface area contributed by atoms with Gasteiger partial charge in [0.25, 0.3) is 0 Å². The fourth-order valence-corrected chi connectivity index (χ4v) is 3.85. The first-order valence-corrected chi connectivity index (χ1v) is 18.3. The number of rotatable bonds is 34. The second-order valence-corrected chi connectivity index (χ2v) is 15.6. The van der Waals surface area contributed by atoms with Crippen LogP contribution in [0.5, 0.6) is 0 Å². The first-order valence-electron chi connectivity index (χ1n) is 15.4. The molecule has 254 valence electrons. The van der Waals surface area contributed by atoms with Crippen molar-refractivity contribution in [1.29, 1.82) is 0 Å². The number of likely N-dealkylation sites (N-methyl/N-ethyl adjacent to an activating group) is 1. The van der Waals surface area contributed by atoms with Gasteiger partial charge in [0.05, 0.1) is 139 Å². The molecule has 0 unspecified atom stereocenters. The molecule has 0 fully saturated rings. The lowest BCUT2D eigenvalue weighted by Gasteiger charge is -2.36. The second kappa shape index (κ2) is 30.7. The maximum absolute atomic E-state index is 6.08. The highest BCUT2D eigenvalue weighted by molar-refractivity contribution is 6.74. The maximum Gasteiger partial charge on any atom is 0.192 e. The van der Waals surface area contributed by atoms with Gasteiger partial charge in [-0.25, -0.2) is 0 Å². The van der Waals surface area contributed by atoms with Crippen molar-refractivity contribution in [3.63, 3.8) is 0 Å². The number of nitrogens with one attached hydrogen (secondary N) is 1. The number of ether oxygens (including phenoxy) is 10. The third-order valence-electron chi connectivity index (χ3n) is 6.34. The third-order valence-corrected chi connectivity index (χ3v) is 10.9. The summed E-state index contributed by atoms with van der Waals surface area (Å²) in [7, 11) is 0.205. The molecule has 0 saturated carbocycles. The van der Waals surface area contributed by atoms with Crippen molar-refractivity contribution in [2.24, 2.45) is 0 Å². The zero-order valence-electron chi connectivity index (χ0n) is 27.5. The summed E-state index contributed by atoms with van der Waals surface area (Å²) < 4.78 is 60.8. The van der Waals surface area contributed by atoms with E-state index in [-0.39, 0.29) is 5.04 Å². The summed E-state index contributed by atoms with van der Waals surface area (Å²) in [5.41, 5.74) is 0. The van der Waals surface area contributed by atoms with Crippen LogP contribution in [0.15, 0.2) is 0 Å². The lowest BCUT2D eigenvalue weighted by Crippen LogP contribution is -2.41. The van der Waals surface area contributed by atoms with E-state index in [0.717, 1.165) is 6.54 Å². The van der Waals surface area contributed by atoms with E-state index in [0.29, 0.717) is 139 Å². The summed E-state index contributed by atoms with van der Waals surface area (Å²) in [4.78, 5) is 0. The highest BCUT2D eigenvalue weighted by Crippen LogP contribution is 2.36. The summed E-state index contributed by atoms with van der Waals surface area (Å²) in [6.45, 7) is 23.7. The van der Waals surface area contributed by atoms with Crippen LogP contribution in [0.3, 0.4) is 0 Å². The summed E-state index contributed by atoms with van der Waals surface area (Å²) in [6, 6.07) is 0. The molecule has 0 aliphatic carbocycles. The molecule has 42 heavy (non-hydrogen) atoms. The molecule has 0 amide bonds. The van der Waals surface area contributed by atoms with Gasteiger partial charge in [-0.05, 0) is 25.2 Å². The van der Waals surface area contributed by atoms with E-state index in [1.807, 2.05) is 7.05 Å². The minimum absolute atomic E-state index is 0.220. The van der Waals surface area contributed by atoms with E-state index >= 15 is 0 Å². The zero-order chi connectivity index (χ0) is 31.0. The van der Waals surface area contributed by atoms with Crippen molar-refractivity contribution in [2.45, 2.75) is 38.9 Å². The molecule has 0 heterocycles. The van der Waals surface area contributed by atoms with Gasteiger partial charge in [0, 0.05) is 6.54 Å². The van der Waals surface area contributed by atoms with Crippen molar-refractivity contribution >= 4 is 8.32 Å². The Balaban J connectivity index is 3.12. The molecule has 0 bridgehead atoms. The van der Waals surface area contributed by atoms with Gasteiger partial charge in [0.2, 0.25) is 0 Å². The Kier molecular flexibility index (Phi) is 30.6. The van der Waals surface area contributed by atoms with Crippen LogP contribution in [0, 0.1) is 0 Å². The third kappa shape index (κ3) is 29.8. The monoisotopic (exact) mass is 629 g/mol. The smallest absolute Gasteiger partial charge is 0.192 e. The first kappa shape index (κ1) is 41.7. The van der Waals surface area contributed by atoms with Gasteiger partial charge in [0.15, 0.2) is 8.32 Å². The van der Waals surface area contributed by atoms with E-state index in [1.165, 1.54) is 0 Å². The van der Waals surface area contributed by atoms with Crippen LogP contribution >= 0.6 is 0 Å². The molecule has 0 aliphatic heterocycles. The molecular formula is C29H63NO11Si. The lowest BCUT2D eigenvalue weighted by atomic mass is 10.2. The Morgan fingerprint density at radius 3 is 0.810 bits per heavy atom. The molecule has 0 rings (SSSR count). The Morgan fingerprint density at radius 1 is 0.381 bits per heavy atom. The van der Waals surface area contributed by atoms with E-state index in [4.69, 9.17) is 51.8 Å². The predicted molar refractivity (Wildman–Crippen MR) is 165 cm³/mol. The average molecular weight is 630 g/mol. The fourth-order valence-electron chi connectivity index (χ4n) is 2.83. The average Bonchev–Trinajstić information content (AvgIpc) is 2.95. The summed E-state index contributed by atoms with van der Waals surface area (Å²) in [6.07, 6.45) is 0. The molecule has 0 saturated heterocycles. The molecule has 0 aromatic rings. The molecular weight excluding hydrogens is 566 g/mol. The molecule has 0 atom stereocenters. The van der Waals surface area contributed by atoms with Crippen molar-refractivity contribution in [3.05, 3.63) is 0 Å². The molecule has 13 heteroatoms. The van der Waals surface area contributed by atoms with E-state index < -0.39 is 8.32 Å². The van der Waals surface area contributed by atoms with Crippen molar-refractivity contribution < 1.29 is 51.8 Å². The molecule has 0 aliphatic rings. The largest absolute Gasteiger partial charge is 0.414 e. The minimum Gasteiger partial charge on any atom is -0.414 e. The molecule has 12 nitrogen and oxygen atoms in total. The number of hydrogen-bond donors (Lipinski definition) is 1. The Bertz CT molecular complexity index is 542. The molecule has 0 aromatic carbocycles. The van der Waals surface area contributed by atoms with Crippen LogP contribution in [0.4, 0.5) is 0 Å². The molecule has 0 spiro atoms. The topological polar surface area (TPSA) is 114 Å². The quantitative estimate of drug-likeness (QED) is 0.0833. The summed E-state index contributed by atoms with van der Waals surface area (Å²) >= 11 is 0. The van der Waals surface area contributed by atoms with Gasteiger partial charge in [-0.15, -0.1) is 0 Å².